The second-order valence-electron chi connectivity index (χ2n) is 5.68. The molecule has 0 aromatic heterocycles. The fourth-order valence-electron chi connectivity index (χ4n) is 3.64. The highest BCUT2D eigenvalue weighted by molar-refractivity contribution is 5.47. The van der Waals surface area contributed by atoms with Crippen molar-refractivity contribution in [3.63, 3.8) is 0 Å². The van der Waals surface area contributed by atoms with E-state index in [9.17, 15) is 4.39 Å². The maximum atomic E-state index is 13.8. The van der Waals surface area contributed by atoms with E-state index in [1.165, 1.54) is 38.2 Å². The first-order chi connectivity index (χ1) is 8.75. The smallest absolute Gasteiger partial charge is 0.129 e. The molecule has 3 heteroatoms. The Kier molecular flexibility index (Phi) is 3.25. The average molecular weight is 248 g/mol. The van der Waals surface area contributed by atoms with Gasteiger partial charge in [0.25, 0.3) is 0 Å². The van der Waals surface area contributed by atoms with Gasteiger partial charge < -0.3 is 5.73 Å². The topological polar surface area (TPSA) is 29.3 Å². The molecule has 0 amide bonds. The standard InChI is InChI=1S/C15H21FN2/c16-13-5-3-6-14(17)12(13)10-18-9-8-11-4-1-2-7-15(11)18/h3,5-6,11,15H,1-2,4,7-10,17H2. The zero-order valence-electron chi connectivity index (χ0n) is 10.7. The van der Waals surface area contributed by atoms with E-state index < -0.39 is 0 Å². The number of fused-ring (bicyclic) bond motifs is 1. The number of benzene rings is 1. The highest BCUT2D eigenvalue weighted by atomic mass is 19.1. The predicted molar refractivity (Wildman–Crippen MR) is 71.6 cm³/mol. The number of likely N-dealkylation sites (tertiary alicyclic amines) is 1. The first kappa shape index (κ1) is 12.0. The van der Waals surface area contributed by atoms with Crippen LogP contribution in [0.5, 0.6) is 0 Å². The summed E-state index contributed by atoms with van der Waals surface area (Å²) in [5, 5.41) is 0. The van der Waals surface area contributed by atoms with E-state index in [4.69, 9.17) is 5.73 Å². The summed E-state index contributed by atoms with van der Waals surface area (Å²) in [6, 6.07) is 5.66. The number of nitrogens with zero attached hydrogens (tertiary/aromatic N) is 1. The lowest BCUT2D eigenvalue weighted by Gasteiger charge is -2.32. The lowest BCUT2D eigenvalue weighted by Crippen LogP contribution is -2.34. The van der Waals surface area contributed by atoms with E-state index in [-0.39, 0.29) is 5.82 Å². The fourth-order valence-corrected chi connectivity index (χ4v) is 3.64. The molecule has 2 aliphatic rings. The summed E-state index contributed by atoms with van der Waals surface area (Å²) in [5.74, 6) is 0.681. The van der Waals surface area contributed by atoms with Crippen LogP contribution >= 0.6 is 0 Å². The van der Waals surface area contributed by atoms with Crippen molar-refractivity contribution < 1.29 is 4.39 Å². The molecule has 2 unspecified atom stereocenters. The zero-order chi connectivity index (χ0) is 12.5. The Morgan fingerprint density at radius 1 is 1.22 bits per heavy atom. The van der Waals surface area contributed by atoms with Crippen LogP contribution in [0.4, 0.5) is 10.1 Å². The van der Waals surface area contributed by atoms with Crippen LogP contribution < -0.4 is 5.73 Å². The normalized spacial score (nSPS) is 28.3. The van der Waals surface area contributed by atoms with Gasteiger partial charge in [-0.25, -0.2) is 4.39 Å². The number of rotatable bonds is 2. The number of halogens is 1. The monoisotopic (exact) mass is 248 g/mol. The van der Waals surface area contributed by atoms with Crippen LogP contribution in [0.15, 0.2) is 18.2 Å². The van der Waals surface area contributed by atoms with Gasteiger partial charge in [0.1, 0.15) is 5.82 Å². The summed E-state index contributed by atoms with van der Waals surface area (Å²) < 4.78 is 13.8. The van der Waals surface area contributed by atoms with Crippen LogP contribution in [0.25, 0.3) is 0 Å². The Bertz CT molecular complexity index is 412. The summed E-state index contributed by atoms with van der Waals surface area (Å²) in [5.41, 5.74) is 7.18. The van der Waals surface area contributed by atoms with Gasteiger partial charge in [-0.15, -0.1) is 0 Å². The largest absolute Gasteiger partial charge is 0.398 e. The second-order valence-corrected chi connectivity index (χ2v) is 5.68. The molecule has 98 valence electrons. The van der Waals surface area contributed by atoms with Gasteiger partial charge >= 0.3 is 0 Å². The third-order valence-corrected chi connectivity index (χ3v) is 4.64. The van der Waals surface area contributed by atoms with Gasteiger partial charge in [0.15, 0.2) is 0 Å². The van der Waals surface area contributed by atoms with E-state index in [0.29, 0.717) is 23.8 Å². The molecule has 2 atom stereocenters. The highest BCUT2D eigenvalue weighted by Crippen LogP contribution is 2.37. The van der Waals surface area contributed by atoms with Crippen molar-refractivity contribution in [2.45, 2.75) is 44.7 Å². The van der Waals surface area contributed by atoms with Crippen molar-refractivity contribution in [1.29, 1.82) is 0 Å². The summed E-state index contributed by atoms with van der Waals surface area (Å²) in [7, 11) is 0. The minimum Gasteiger partial charge on any atom is -0.398 e. The maximum Gasteiger partial charge on any atom is 0.129 e. The van der Waals surface area contributed by atoms with Crippen molar-refractivity contribution >= 4 is 5.69 Å². The number of hydrogen-bond acceptors (Lipinski definition) is 2. The summed E-state index contributed by atoms with van der Waals surface area (Å²) >= 11 is 0. The summed E-state index contributed by atoms with van der Waals surface area (Å²) in [6.45, 7) is 1.78. The van der Waals surface area contributed by atoms with Crippen molar-refractivity contribution in [1.82, 2.24) is 4.90 Å². The van der Waals surface area contributed by atoms with Crippen LogP contribution in [-0.4, -0.2) is 17.5 Å². The van der Waals surface area contributed by atoms with Gasteiger partial charge in [-0.2, -0.15) is 0 Å². The Balaban J connectivity index is 1.76. The molecule has 1 heterocycles. The molecule has 1 aromatic rings. The van der Waals surface area contributed by atoms with Crippen LogP contribution in [0.3, 0.4) is 0 Å². The van der Waals surface area contributed by atoms with E-state index >= 15 is 0 Å². The minimum atomic E-state index is -0.158. The number of nitrogens with two attached hydrogens (primary N) is 1. The lowest BCUT2D eigenvalue weighted by atomic mass is 9.85. The first-order valence-electron chi connectivity index (χ1n) is 7.02. The van der Waals surface area contributed by atoms with E-state index in [0.717, 1.165) is 12.5 Å². The molecule has 2 fully saturated rings. The van der Waals surface area contributed by atoms with Gasteiger partial charge in [0, 0.05) is 23.8 Å². The third kappa shape index (κ3) is 2.12. The van der Waals surface area contributed by atoms with Gasteiger partial charge in [0.05, 0.1) is 0 Å². The van der Waals surface area contributed by atoms with Crippen LogP contribution in [-0.2, 0) is 6.54 Å². The summed E-state index contributed by atoms with van der Waals surface area (Å²) in [6.07, 6.45) is 6.60. The minimum absolute atomic E-state index is 0.158. The van der Waals surface area contributed by atoms with Crippen LogP contribution in [0.2, 0.25) is 0 Å². The van der Waals surface area contributed by atoms with Gasteiger partial charge in [0.2, 0.25) is 0 Å². The third-order valence-electron chi connectivity index (χ3n) is 4.64. The van der Waals surface area contributed by atoms with E-state index in [1.807, 2.05) is 0 Å². The molecule has 1 saturated carbocycles. The lowest BCUT2D eigenvalue weighted by molar-refractivity contribution is 0.174. The molecule has 0 bridgehead atoms. The number of nitrogen functional groups attached to an aromatic ring is 1. The van der Waals surface area contributed by atoms with Gasteiger partial charge in [-0.1, -0.05) is 18.9 Å². The molecule has 1 aliphatic carbocycles. The Hall–Kier alpha value is -1.09. The van der Waals surface area contributed by atoms with E-state index in [1.54, 1.807) is 12.1 Å². The Labute approximate surface area is 108 Å². The molecule has 1 aliphatic heterocycles. The number of hydrogen-bond donors (Lipinski definition) is 1. The molecule has 0 radical (unpaired) electrons. The molecule has 3 rings (SSSR count). The molecule has 1 saturated heterocycles. The molecule has 2 N–H and O–H groups in total. The SMILES string of the molecule is Nc1cccc(F)c1CN1CCC2CCCCC21. The Morgan fingerprint density at radius 3 is 2.89 bits per heavy atom. The zero-order valence-corrected chi connectivity index (χ0v) is 10.7. The van der Waals surface area contributed by atoms with Crippen LogP contribution in [0.1, 0.15) is 37.7 Å². The first-order valence-corrected chi connectivity index (χ1v) is 7.02. The van der Waals surface area contributed by atoms with Gasteiger partial charge in [-0.05, 0) is 43.9 Å². The van der Waals surface area contributed by atoms with Gasteiger partial charge in [-0.3, -0.25) is 4.90 Å². The molecule has 1 aromatic carbocycles. The molecular formula is C15H21FN2. The van der Waals surface area contributed by atoms with Crippen molar-refractivity contribution in [2.75, 3.05) is 12.3 Å². The van der Waals surface area contributed by atoms with Crippen molar-refractivity contribution in [2.24, 2.45) is 5.92 Å². The predicted octanol–water partition coefficient (Wildman–Crippen LogP) is 3.17. The molecule has 0 spiro atoms. The van der Waals surface area contributed by atoms with Crippen molar-refractivity contribution in [3.05, 3.63) is 29.6 Å². The average Bonchev–Trinajstić information content (AvgIpc) is 2.77. The van der Waals surface area contributed by atoms with E-state index in [2.05, 4.69) is 4.90 Å². The fraction of sp³-hybridized carbons (Fsp3) is 0.600. The summed E-state index contributed by atoms with van der Waals surface area (Å²) in [4.78, 5) is 2.44. The Morgan fingerprint density at radius 2 is 2.06 bits per heavy atom. The molecule has 2 nitrogen and oxygen atoms in total. The second kappa shape index (κ2) is 4.88. The highest BCUT2D eigenvalue weighted by Gasteiger charge is 2.35. The maximum absolute atomic E-state index is 13.8. The quantitative estimate of drug-likeness (QED) is 0.814. The molecule has 18 heavy (non-hydrogen) atoms. The van der Waals surface area contributed by atoms with Crippen LogP contribution in [0, 0.1) is 11.7 Å². The number of anilines is 1. The molecular weight excluding hydrogens is 227 g/mol. The van der Waals surface area contributed by atoms with Crippen molar-refractivity contribution in [3.8, 4) is 0 Å².